The lowest BCUT2D eigenvalue weighted by molar-refractivity contribution is -0.144. The minimum absolute atomic E-state index is 0.0346. The molecule has 0 aromatic heterocycles. The number of ether oxygens (including phenoxy) is 3. The number of carbonyl (C=O) groups is 2. The number of amides is 1. The number of hydrogen-bond donors (Lipinski definition) is 3. The summed E-state index contributed by atoms with van der Waals surface area (Å²) in [6, 6.07) is 7.39. The zero-order valence-electron chi connectivity index (χ0n) is 14.3. The topological polar surface area (TPSA) is 120 Å². The third-order valence-electron chi connectivity index (χ3n) is 3.35. The summed E-state index contributed by atoms with van der Waals surface area (Å²) in [5.74, 6) is -2.06. The lowest BCUT2D eigenvalue weighted by Crippen LogP contribution is -2.50. The van der Waals surface area contributed by atoms with Crippen LogP contribution in [0, 0.1) is 0 Å². The highest BCUT2D eigenvalue weighted by Crippen LogP contribution is 2.31. The quantitative estimate of drug-likeness (QED) is 0.741. The number of carbonyl (C=O) groups excluding carboxylic acids is 1. The normalized spacial score (nSPS) is 19.0. The number of carboxylic acid groups (broad SMARTS) is 1. The molecule has 0 radical (unpaired) electrons. The molecule has 2 rings (SSSR count). The van der Waals surface area contributed by atoms with Crippen LogP contribution in [0.25, 0.3) is 0 Å². The summed E-state index contributed by atoms with van der Waals surface area (Å²) < 4.78 is 15.8. The van der Waals surface area contributed by atoms with Crippen molar-refractivity contribution >= 4 is 12.1 Å². The monoisotopic (exact) mass is 350 g/mol. The highest BCUT2D eigenvalue weighted by molar-refractivity contribution is 5.81. The van der Waals surface area contributed by atoms with Gasteiger partial charge in [0.05, 0.1) is 5.92 Å². The van der Waals surface area contributed by atoms with Crippen molar-refractivity contribution in [2.45, 2.75) is 44.6 Å². The molecular formula is C17H22N2O6. The molecule has 4 N–H and O–H groups in total. The van der Waals surface area contributed by atoms with Crippen molar-refractivity contribution in [1.82, 2.24) is 5.32 Å². The van der Waals surface area contributed by atoms with Gasteiger partial charge in [-0.3, -0.25) is 0 Å². The van der Waals surface area contributed by atoms with Gasteiger partial charge in [0.15, 0.2) is 0 Å². The molecule has 1 aliphatic heterocycles. The molecule has 0 fully saturated rings. The van der Waals surface area contributed by atoms with E-state index in [1.54, 1.807) is 51.1 Å². The molecule has 1 amide bonds. The van der Waals surface area contributed by atoms with Gasteiger partial charge in [-0.05, 0) is 26.3 Å². The predicted molar refractivity (Wildman–Crippen MR) is 88.2 cm³/mol. The van der Waals surface area contributed by atoms with Crippen molar-refractivity contribution in [3.63, 3.8) is 0 Å². The van der Waals surface area contributed by atoms with Crippen LogP contribution in [0.15, 0.2) is 42.5 Å². The summed E-state index contributed by atoms with van der Waals surface area (Å²) in [6.07, 6.45) is -0.634. The zero-order chi connectivity index (χ0) is 18.6. The molecule has 1 heterocycles. The van der Waals surface area contributed by atoms with E-state index in [1.807, 2.05) is 0 Å². The van der Waals surface area contributed by atoms with Gasteiger partial charge in [0, 0.05) is 0 Å². The van der Waals surface area contributed by atoms with Crippen LogP contribution in [-0.2, 0) is 19.0 Å². The standard InChI is InChI=1S/C17H22N2O6/c1-17(2,3)25-16(22)19-13(14(20)21)12(10-7-5-4-6-8-10)15-23-9-11(18)24-15/h4-9,12-13,15H,18H2,1-3H3,(H,19,22)(H,20,21)/t12?,13-,15?/m0/s1. The lowest BCUT2D eigenvalue weighted by atomic mass is 9.90. The Hall–Kier alpha value is -2.90. The van der Waals surface area contributed by atoms with Crippen LogP contribution >= 0.6 is 0 Å². The molecule has 1 aromatic rings. The van der Waals surface area contributed by atoms with Gasteiger partial charge < -0.3 is 30.4 Å². The van der Waals surface area contributed by atoms with Gasteiger partial charge in [-0.2, -0.15) is 0 Å². The van der Waals surface area contributed by atoms with Crippen molar-refractivity contribution in [1.29, 1.82) is 0 Å². The molecule has 8 nitrogen and oxygen atoms in total. The summed E-state index contributed by atoms with van der Waals surface area (Å²) in [5, 5.41) is 12.0. The molecule has 0 spiro atoms. The molecule has 3 atom stereocenters. The molecule has 136 valence electrons. The van der Waals surface area contributed by atoms with E-state index in [0.717, 1.165) is 0 Å². The van der Waals surface area contributed by atoms with Crippen LogP contribution in [0.2, 0.25) is 0 Å². The number of hydrogen-bond acceptors (Lipinski definition) is 6. The van der Waals surface area contributed by atoms with Crippen molar-refractivity contribution in [2.24, 2.45) is 5.73 Å². The van der Waals surface area contributed by atoms with Crippen LogP contribution in [0.1, 0.15) is 32.3 Å². The summed E-state index contributed by atoms with van der Waals surface area (Å²) in [5.41, 5.74) is 5.40. The van der Waals surface area contributed by atoms with Crippen molar-refractivity contribution in [2.75, 3.05) is 0 Å². The number of benzene rings is 1. The largest absolute Gasteiger partial charge is 0.480 e. The summed E-state index contributed by atoms with van der Waals surface area (Å²) in [7, 11) is 0. The van der Waals surface area contributed by atoms with Crippen LogP contribution in [0.5, 0.6) is 0 Å². The van der Waals surface area contributed by atoms with E-state index in [2.05, 4.69) is 5.32 Å². The van der Waals surface area contributed by atoms with E-state index in [4.69, 9.17) is 19.9 Å². The molecule has 8 heteroatoms. The van der Waals surface area contributed by atoms with Gasteiger partial charge in [-0.25, -0.2) is 9.59 Å². The molecule has 0 aliphatic carbocycles. The van der Waals surface area contributed by atoms with Gasteiger partial charge in [0.2, 0.25) is 5.88 Å². The third kappa shape index (κ3) is 5.03. The van der Waals surface area contributed by atoms with E-state index in [9.17, 15) is 14.7 Å². The molecular weight excluding hydrogens is 328 g/mol. The molecule has 2 unspecified atom stereocenters. The Morgan fingerprint density at radius 3 is 2.40 bits per heavy atom. The van der Waals surface area contributed by atoms with Gasteiger partial charge in [0.1, 0.15) is 17.9 Å². The number of rotatable bonds is 5. The predicted octanol–water partition coefficient (Wildman–Crippen LogP) is 1.88. The number of nitrogens with one attached hydrogen (secondary N) is 1. The molecule has 0 bridgehead atoms. The molecule has 0 saturated heterocycles. The maximum absolute atomic E-state index is 12.1. The van der Waals surface area contributed by atoms with Gasteiger partial charge in [0.25, 0.3) is 6.29 Å². The Labute approximate surface area is 145 Å². The average molecular weight is 350 g/mol. The average Bonchev–Trinajstić information content (AvgIpc) is 2.92. The maximum atomic E-state index is 12.1. The second-order valence-corrected chi connectivity index (χ2v) is 6.54. The number of nitrogens with two attached hydrogens (primary N) is 1. The van der Waals surface area contributed by atoms with Crippen LogP contribution in [0.3, 0.4) is 0 Å². The second-order valence-electron chi connectivity index (χ2n) is 6.54. The van der Waals surface area contributed by atoms with E-state index in [0.29, 0.717) is 5.56 Å². The smallest absolute Gasteiger partial charge is 0.408 e. The Kier molecular flexibility index (Phi) is 5.41. The Bertz CT molecular complexity index is 653. The number of alkyl carbamates (subject to hydrolysis) is 1. The van der Waals surface area contributed by atoms with E-state index in [-0.39, 0.29) is 5.88 Å². The zero-order valence-corrected chi connectivity index (χ0v) is 14.3. The molecule has 25 heavy (non-hydrogen) atoms. The molecule has 1 aliphatic rings. The van der Waals surface area contributed by atoms with Gasteiger partial charge in [-0.1, -0.05) is 30.3 Å². The van der Waals surface area contributed by atoms with Gasteiger partial charge in [-0.15, -0.1) is 0 Å². The second kappa shape index (κ2) is 7.33. The first-order valence-electron chi connectivity index (χ1n) is 7.72. The van der Waals surface area contributed by atoms with Crippen LogP contribution in [-0.4, -0.2) is 35.1 Å². The highest BCUT2D eigenvalue weighted by Gasteiger charge is 2.41. The van der Waals surface area contributed by atoms with Gasteiger partial charge >= 0.3 is 12.1 Å². The Morgan fingerprint density at radius 2 is 1.92 bits per heavy atom. The van der Waals surface area contributed by atoms with E-state index >= 15 is 0 Å². The first kappa shape index (κ1) is 18.4. The highest BCUT2D eigenvalue weighted by atomic mass is 16.7. The van der Waals surface area contributed by atoms with E-state index in [1.165, 1.54) is 6.26 Å². The Morgan fingerprint density at radius 1 is 1.28 bits per heavy atom. The van der Waals surface area contributed by atoms with Crippen molar-refractivity contribution in [3.8, 4) is 0 Å². The van der Waals surface area contributed by atoms with Crippen LogP contribution < -0.4 is 11.1 Å². The Balaban J connectivity index is 2.28. The maximum Gasteiger partial charge on any atom is 0.408 e. The third-order valence-corrected chi connectivity index (χ3v) is 3.35. The summed E-state index contributed by atoms with van der Waals surface area (Å²) in [6.45, 7) is 5.06. The molecule has 1 aromatic carbocycles. The molecule has 0 saturated carbocycles. The fourth-order valence-electron chi connectivity index (χ4n) is 2.40. The SMILES string of the molecule is CC(C)(C)OC(=O)N[C@H](C(=O)O)C(c1ccccc1)C1OC=C(N)O1. The fourth-order valence-corrected chi connectivity index (χ4v) is 2.40. The summed E-state index contributed by atoms with van der Waals surface area (Å²) >= 11 is 0. The number of aliphatic carboxylic acids is 1. The van der Waals surface area contributed by atoms with Crippen molar-refractivity contribution in [3.05, 3.63) is 48.0 Å². The lowest BCUT2D eigenvalue weighted by Gasteiger charge is -2.29. The first-order valence-corrected chi connectivity index (χ1v) is 7.72. The minimum Gasteiger partial charge on any atom is -0.480 e. The summed E-state index contributed by atoms with van der Waals surface area (Å²) in [4.78, 5) is 23.9. The first-order chi connectivity index (χ1) is 11.7. The van der Waals surface area contributed by atoms with Crippen LogP contribution in [0.4, 0.5) is 4.79 Å². The van der Waals surface area contributed by atoms with Crippen molar-refractivity contribution < 1.29 is 28.9 Å². The number of carboxylic acids is 1. The van der Waals surface area contributed by atoms with E-state index < -0.39 is 35.9 Å². The fraction of sp³-hybridized carbons (Fsp3) is 0.412. The minimum atomic E-state index is -1.35.